The molecule has 2 atom stereocenters. The molecule has 0 spiro atoms. The van der Waals surface area contributed by atoms with E-state index in [1.54, 1.807) is 0 Å². The van der Waals surface area contributed by atoms with Gasteiger partial charge in [0.25, 0.3) is 5.91 Å². The van der Waals surface area contributed by atoms with E-state index in [1.807, 2.05) is 6.92 Å². The molecule has 1 unspecified atom stereocenters. The van der Waals surface area contributed by atoms with Gasteiger partial charge in [-0.1, -0.05) is 12.1 Å². The number of hydrogen-bond donors (Lipinski definition) is 2. The lowest BCUT2D eigenvalue weighted by Crippen LogP contribution is -2.29. The maximum atomic E-state index is 13.2. The number of carbonyl (C=O) groups is 2. The van der Waals surface area contributed by atoms with Crippen molar-refractivity contribution in [3.8, 4) is 0 Å². The molecular weight excluding hydrogens is 411 g/mol. The van der Waals surface area contributed by atoms with Crippen LogP contribution in [0.3, 0.4) is 0 Å². The van der Waals surface area contributed by atoms with Crippen LogP contribution in [0.1, 0.15) is 57.3 Å². The molecule has 31 heavy (non-hydrogen) atoms. The van der Waals surface area contributed by atoms with E-state index in [9.17, 15) is 22.8 Å². The first-order valence-electron chi connectivity index (χ1n) is 9.47. The summed E-state index contributed by atoms with van der Waals surface area (Å²) in [6.45, 7) is 1.86. The molecule has 10 heteroatoms. The van der Waals surface area contributed by atoms with Gasteiger partial charge >= 0.3 is 6.18 Å². The van der Waals surface area contributed by atoms with Crippen molar-refractivity contribution in [1.29, 1.82) is 0 Å². The zero-order chi connectivity index (χ0) is 22.3. The van der Waals surface area contributed by atoms with Gasteiger partial charge in [-0.2, -0.15) is 18.3 Å². The van der Waals surface area contributed by atoms with Crippen LogP contribution in [0.25, 0.3) is 0 Å². The van der Waals surface area contributed by atoms with E-state index in [-0.39, 0.29) is 34.6 Å². The molecule has 3 heterocycles. The van der Waals surface area contributed by atoms with Crippen molar-refractivity contribution in [1.82, 2.24) is 14.8 Å². The Morgan fingerprint density at radius 2 is 1.94 bits per heavy atom. The summed E-state index contributed by atoms with van der Waals surface area (Å²) in [4.78, 5) is 29.6. The molecule has 0 fully saturated rings. The second-order valence-corrected chi connectivity index (χ2v) is 7.40. The Morgan fingerprint density at radius 3 is 2.58 bits per heavy atom. The van der Waals surface area contributed by atoms with Gasteiger partial charge in [-0.15, -0.1) is 0 Å². The first-order valence-corrected chi connectivity index (χ1v) is 9.47. The number of ketones is 1. The summed E-state index contributed by atoms with van der Waals surface area (Å²) in [6.07, 6.45) is -1.28. The van der Waals surface area contributed by atoms with Gasteiger partial charge in [0.05, 0.1) is 29.4 Å². The number of alkyl halides is 3. The van der Waals surface area contributed by atoms with Crippen LogP contribution in [0.2, 0.25) is 0 Å². The molecule has 1 amide bonds. The summed E-state index contributed by atoms with van der Waals surface area (Å²) in [7, 11) is 0. The van der Waals surface area contributed by atoms with E-state index in [2.05, 4.69) is 15.4 Å². The van der Waals surface area contributed by atoms with E-state index >= 15 is 0 Å². The summed E-state index contributed by atoms with van der Waals surface area (Å²) in [5.41, 5.74) is 6.02. The summed E-state index contributed by atoms with van der Waals surface area (Å²) in [6, 6.07) is 7.27. The lowest BCUT2D eigenvalue weighted by molar-refractivity contribution is -0.137. The van der Waals surface area contributed by atoms with Crippen molar-refractivity contribution >= 4 is 23.2 Å². The van der Waals surface area contributed by atoms with Crippen LogP contribution >= 0.6 is 0 Å². The van der Waals surface area contributed by atoms with Crippen LogP contribution in [-0.4, -0.2) is 26.5 Å². The predicted molar refractivity (Wildman–Crippen MR) is 107 cm³/mol. The first-order chi connectivity index (χ1) is 14.6. The quantitative estimate of drug-likeness (QED) is 0.654. The maximum Gasteiger partial charge on any atom is 0.416 e. The highest BCUT2D eigenvalue weighted by molar-refractivity contribution is 6.10. The molecule has 0 saturated carbocycles. The number of halogens is 3. The number of nitrogens with zero attached hydrogens (tertiary/aromatic N) is 3. The Balaban J connectivity index is 1.63. The Bertz CT molecular complexity index is 1150. The van der Waals surface area contributed by atoms with Gasteiger partial charge in [-0.25, -0.2) is 4.98 Å². The average molecular weight is 429 g/mol. The maximum absolute atomic E-state index is 13.2. The third-order valence-electron chi connectivity index (χ3n) is 5.27. The van der Waals surface area contributed by atoms with E-state index in [0.29, 0.717) is 12.0 Å². The standard InChI is InChI=1S/C21H18F3N5O2/c1-11-8-15(12-2-4-14(5-3-12)21(22,23)24)19(30)18-16(10-27-29(11)18)28-20(31)13-6-7-26-17(25)9-13/h2-7,9-11,15H,8H2,1H3,(H2,25,26)(H,28,31)/t11-,15?/m0/s1. The normalized spacial score (nSPS) is 18.5. The van der Waals surface area contributed by atoms with E-state index in [0.717, 1.165) is 12.1 Å². The topological polar surface area (TPSA) is 103 Å². The van der Waals surface area contributed by atoms with Crippen molar-refractivity contribution in [3.05, 3.63) is 71.2 Å². The predicted octanol–water partition coefficient (Wildman–Crippen LogP) is 4.06. The number of anilines is 2. The minimum atomic E-state index is -4.45. The van der Waals surface area contributed by atoms with Gasteiger partial charge in [-0.3, -0.25) is 14.3 Å². The van der Waals surface area contributed by atoms with Gasteiger partial charge in [0, 0.05) is 11.8 Å². The van der Waals surface area contributed by atoms with Gasteiger partial charge in [-0.05, 0) is 43.2 Å². The van der Waals surface area contributed by atoms with Crippen LogP contribution < -0.4 is 11.1 Å². The largest absolute Gasteiger partial charge is 0.416 e. The van der Waals surface area contributed by atoms with Crippen molar-refractivity contribution in [2.24, 2.45) is 0 Å². The number of fused-ring (bicyclic) bond motifs is 1. The van der Waals surface area contributed by atoms with Crippen molar-refractivity contribution in [2.45, 2.75) is 31.5 Å². The molecule has 1 aliphatic heterocycles. The fraction of sp³-hybridized carbons (Fsp3) is 0.238. The molecule has 0 saturated heterocycles. The van der Waals surface area contributed by atoms with Crippen LogP contribution in [0.5, 0.6) is 0 Å². The molecule has 3 N–H and O–H groups in total. The molecule has 0 bridgehead atoms. The molecule has 4 rings (SSSR count). The number of hydrogen-bond acceptors (Lipinski definition) is 5. The first kappa shape index (κ1) is 20.6. The van der Waals surface area contributed by atoms with Crippen LogP contribution in [-0.2, 0) is 6.18 Å². The number of pyridine rings is 1. The fourth-order valence-corrected chi connectivity index (χ4v) is 3.72. The Hall–Kier alpha value is -3.69. The summed E-state index contributed by atoms with van der Waals surface area (Å²) in [5, 5.41) is 6.89. The molecule has 7 nitrogen and oxygen atoms in total. The minimum absolute atomic E-state index is 0.178. The van der Waals surface area contributed by atoms with E-state index < -0.39 is 23.6 Å². The summed E-state index contributed by atoms with van der Waals surface area (Å²) in [5.74, 6) is -1.27. The van der Waals surface area contributed by atoms with Crippen molar-refractivity contribution in [3.63, 3.8) is 0 Å². The Morgan fingerprint density at radius 1 is 1.23 bits per heavy atom. The number of benzene rings is 1. The number of Topliss-reactive ketones (excluding diaryl/α,β-unsaturated/α-hetero) is 1. The number of rotatable bonds is 3. The zero-order valence-corrected chi connectivity index (χ0v) is 16.3. The van der Waals surface area contributed by atoms with Gasteiger partial charge in [0.1, 0.15) is 11.5 Å². The Labute approximate surface area is 175 Å². The van der Waals surface area contributed by atoms with Crippen LogP contribution in [0.15, 0.2) is 48.8 Å². The molecule has 0 aliphatic carbocycles. The second kappa shape index (κ2) is 7.53. The SMILES string of the molecule is C[C@H]1CC(c2ccc(C(F)(F)F)cc2)C(=O)c2c(NC(=O)c3ccnc(N)c3)cnn21. The lowest BCUT2D eigenvalue weighted by atomic mass is 9.84. The number of nitrogens with one attached hydrogen (secondary N) is 1. The molecule has 160 valence electrons. The van der Waals surface area contributed by atoms with Crippen LogP contribution in [0.4, 0.5) is 24.7 Å². The highest BCUT2D eigenvalue weighted by Crippen LogP contribution is 2.39. The third-order valence-corrected chi connectivity index (χ3v) is 5.27. The van der Waals surface area contributed by atoms with Crippen molar-refractivity contribution in [2.75, 3.05) is 11.1 Å². The zero-order valence-electron chi connectivity index (χ0n) is 16.3. The number of nitrogens with two attached hydrogens (primary N) is 1. The number of amides is 1. The minimum Gasteiger partial charge on any atom is -0.384 e. The van der Waals surface area contributed by atoms with Gasteiger partial charge < -0.3 is 11.1 Å². The van der Waals surface area contributed by atoms with Gasteiger partial charge in [0.2, 0.25) is 0 Å². The molecule has 0 radical (unpaired) electrons. The highest BCUT2D eigenvalue weighted by Gasteiger charge is 2.37. The Kier molecular flexibility index (Phi) is 5.00. The number of aromatic nitrogens is 3. The second-order valence-electron chi connectivity index (χ2n) is 7.40. The molecule has 1 aromatic carbocycles. The monoisotopic (exact) mass is 429 g/mol. The highest BCUT2D eigenvalue weighted by atomic mass is 19.4. The summed E-state index contributed by atoms with van der Waals surface area (Å²) < 4.78 is 40.1. The third kappa shape index (κ3) is 3.88. The van der Waals surface area contributed by atoms with Crippen LogP contribution in [0, 0.1) is 0 Å². The number of nitrogen functional groups attached to an aromatic ring is 1. The molecular formula is C21H18F3N5O2. The smallest absolute Gasteiger partial charge is 0.384 e. The van der Waals surface area contributed by atoms with E-state index in [4.69, 9.17) is 5.73 Å². The number of carbonyl (C=O) groups excluding carboxylic acids is 2. The van der Waals surface area contributed by atoms with Crippen molar-refractivity contribution < 1.29 is 22.8 Å². The van der Waals surface area contributed by atoms with Gasteiger partial charge in [0.15, 0.2) is 5.78 Å². The van der Waals surface area contributed by atoms with E-state index in [1.165, 1.54) is 41.3 Å². The molecule has 2 aromatic heterocycles. The fourth-order valence-electron chi connectivity index (χ4n) is 3.72. The lowest BCUT2D eigenvalue weighted by Gasteiger charge is -2.28. The summed E-state index contributed by atoms with van der Waals surface area (Å²) >= 11 is 0. The molecule has 1 aliphatic rings. The molecule has 3 aromatic rings. The average Bonchev–Trinajstić information content (AvgIpc) is 3.14.